The summed E-state index contributed by atoms with van der Waals surface area (Å²) in [5.41, 5.74) is 1.25. The number of pyridine rings is 1. The van der Waals surface area contributed by atoms with E-state index < -0.39 is 0 Å². The van der Waals surface area contributed by atoms with E-state index in [2.05, 4.69) is 9.98 Å². The number of carbonyl (C=O) groups is 1. The number of carbonyl (C=O) groups excluding carboxylic acids is 1. The fraction of sp³-hybridized carbons (Fsp3) is 0. The summed E-state index contributed by atoms with van der Waals surface area (Å²) in [7, 11) is 0. The van der Waals surface area contributed by atoms with Gasteiger partial charge in [-0.1, -0.05) is 30.3 Å². The number of fused-ring (bicyclic) bond motifs is 1. The van der Waals surface area contributed by atoms with Crippen LogP contribution in [0, 0.1) is 0 Å². The molecule has 2 aromatic rings. The van der Waals surface area contributed by atoms with E-state index in [1.54, 1.807) is 48.7 Å². The fourth-order valence-corrected chi connectivity index (χ4v) is 1.97. The normalized spacial score (nSPS) is 14.2. The molecule has 19 heavy (non-hydrogen) atoms. The zero-order valence-corrected chi connectivity index (χ0v) is 9.95. The quantitative estimate of drug-likeness (QED) is 0.833. The van der Waals surface area contributed by atoms with Crippen molar-refractivity contribution < 1.29 is 9.90 Å². The predicted octanol–water partition coefficient (Wildman–Crippen LogP) is 2.95. The molecule has 1 heterocycles. The molecule has 92 valence electrons. The highest BCUT2D eigenvalue weighted by Gasteiger charge is 2.27. The molecule has 0 saturated heterocycles. The summed E-state index contributed by atoms with van der Waals surface area (Å²) in [6, 6.07) is 12.3. The molecule has 1 aliphatic carbocycles. The highest BCUT2D eigenvalue weighted by atomic mass is 16.3. The van der Waals surface area contributed by atoms with Crippen LogP contribution in [0.3, 0.4) is 0 Å². The average molecular weight is 250 g/mol. The Bertz CT molecular complexity index is 703. The lowest BCUT2D eigenvalue weighted by atomic mass is 10.1. The molecule has 0 bridgehead atoms. The SMILES string of the molecule is O=C1C(C=Nc2ccccn2)=C(O)c2ccccc21. The maximum Gasteiger partial charge on any atom is 0.199 e. The molecule has 3 rings (SSSR count). The molecule has 0 saturated carbocycles. The number of benzene rings is 1. The minimum Gasteiger partial charge on any atom is -0.506 e. The summed E-state index contributed by atoms with van der Waals surface area (Å²) >= 11 is 0. The third kappa shape index (κ3) is 1.93. The largest absolute Gasteiger partial charge is 0.506 e. The van der Waals surface area contributed by atoms with Crippen molar-refractivity contribution >= 4 is 23.6 Å². The smallest absolute Gasteiger partial charge is 0.199 e. The van der Waals surface area contributed by atoms with Crippen molar-refractivity contribution in [3.8, 4) is 0 Å². The van der Waals surface area contributed by atoms with Gasteiger partial charge in [0.2, 0.25) is 0 Å². The second-order valence-corrected chi connectivity index (χ2v) is 4.08. The van der Waals surface area contributed by atoms with E-state index in [4.69, 9.17) is 0 Å². The number of rotatable bonds is 2. The molecule has 1 aromatic heterocycles. The van der Waals surface area contributed by atoms with Crippen molar-refractivity contribution in [1.29, 1.82) is 0 Å². The second-order valence-electron chi connectivity index (χ2n) is 4.08. The first-order valence-electron chi connectivity index (χ1n) is 5.80. The summed E-state index contributed by atoms with van der Waals surface area (Å²) in [6.45, 7) is 0. The molecule has 4 nitrogen and oxygen atoms in total. The number of hydrogen-bond donors (Lipinski definition) is 1. The summed E-state index contributed by atoms with van der Waals surface area (Å²) in [5, 5.41) is 10.0. The Morgan fingerprint density at radius 3 is 2.47 bits per heavy atom. The molecule has 4 heteroatoms. The minimum absolute atomic E-state index is 0.0275. The Hall–Kier alpha value is -2.75. The van der Waals surface area contributed by atoms with E-state index in [0.29, 0.717) is 16.9 Å². The van der Waals surface area contributed by atoms with Crippen molar-refractivity contribution in [1.82, 2.24) is 4.98 Å². The van der Waals surface area contributed by atoms with Crippen molar-refractivity contribution in [3.05, 3.63) is 65.4 Å². The summed E-state index contributed by atoms with van der Waals surface area (Å²) < 4.78 is 0. The van der Waals surface area contributed by atoms with Gasteiger partial charge in [-0.2, -0.15) is 0 Å². The summed E-state index contributed by atoms with van der Waals surface area (Å²) in [6.07, 6.45) is 2.98. The second kappa shape index (κ2) is 4.49. The van der Waals surface area contributed by atoms with Gasteiger partial charge in [-0.25, -0.2) is 9.98 Å². The number of aliphatic imine (C=N–C) groups is 1. The standard InChI is InChI=1S/C15H10N2O2/c18-14-10-5-1-2-6-11(10)15(19)12(14)9-17-13-7-3-4-8-16-13/h1-9,18H. The van der Waals surface area contributed by atoms with Gasteiger partial charge in [-0.15, -0.1) is 0 Å². The Morgan fingerprint density at radius 2 is 1.79 bits per heavy atom. The molecule has 0 aliphatic heterocycles. The van der Waals surface area contributed by atoms with Gasteiger partial charge in [0.1, 0.15) is 5.76 Å². The van der Waals surface area contributed by atoms with E-state index in [0.717, 1.165) is 0 Å². The van der Waals surface area contributed by atoms with Gasteiger partial charge in [0.15, 0.2) is 11.6 Å². The number of nitrogens with zero attached hydrogens (tertiary/aromatic N) is 2. The first-order chi connectivity index (χ1) is 9.27. The van der Waals surface area contributed by atoms with Crippen LogP contribution >= 0.6 is 0 Å². The Kier molecular flexibility index (Phi) is 2.68. The van der Waals surface area contributed by atoms with Crippen LogP contribution < -0.4 is 0 Å². The van der Waals surface area contributed by atoms with Crippen LogP contribution in [-0.4, -0.2) is 22.1 Å². The lowest BCUT2D eigenvalue weighted by Crippen LogP contribution is -1.99. The highest BCUT2D eigenvalue weighted by molar-refractivity contribution is 6.30. The monoisotopic (exact) mass is 250 g/mol. The third-order valence-electron chi connectivity index (χ3n) is 2.90. The molecule has 1 aromatic carbocycles. The molecule has 1 aliphatic rings. The maximum absolute atomic E-state index is 12.1. The minimum atomic E-state index is -0.215. The number of ketones is 1. The molecular weight excluding hydrogens is 240 g/mol. The molecule has 0 fully saturated rings. The molecule has 0 spiro atoms. The van der Waals surface area contributed by atoms with Gasteiger partial charge in [-0.05, 0) is 12.1 Å². The van der Waals surface area contributed by atoms with Crippen molar-refractivity contribution in [2.45, 2.75) is 0 Å². The Labute approximate surface area is 109 Å². The van der Waals surface area contributed by atoms with Crippen molar-refractivity contribution in [2.24, 2.45) is 4.99 Å². The maximum atomic E-state index is 12.1. The van der Waals surface area contributed by atoms with Crippen LogP contribution in [0.25, 0.3) is 5.76 Å². The number of allylic oxidation sites excluding steroid dienone is 1. The third-order valence-corrected chi connectivity index (χ3v) is 2.90. The van der Waals surface area contributed by atoms with Crippen LogP contribution in [0.2, 0.25) is 0 Å². The van der Waals surface area contributed by atoms with Crippen LogP contribution in [0.15, 0.2) is 59.2 Å². The molecule has 0 unspecified atom stereocenters. The molecule has 0 amide bonds. The van der Waals surface area contributed by atoms with Gasteiger partial charge >= 0.3 is 0 Å². The van der Waals surface area contributed by atoms with Gasteiger partial charge in [0, 0.05) is 23.5 Å². The van der Waals surface area contributed by atoms with Crippen LogP contribution in [0.4, 0.5) is 5.82 Å². The van der Waals surface area contributed by atoms with Crippen molar-refractivity contribution in [3.63, 3.8) is 0 Å². The average Bonchev–Trinajstić information content (AvgIpc) is 2.71. The topological polar surface area (TPSA) is 62.5 Å². The van der Waals surface area contributed by atoms with Crippen LogP contribution in [-0.2, 0) is 0 Å². The molecule has 0 radical (unpaired) electrons. The molecule has 0 atom stereocenters. The predicted molar refractivity (Wildman–Crippen MR) is 72.7 cm³/mol. The zero-order valence-electron chi connectivity index (χ0n) is 9.95. The van der Waals surface area contributed by atoms with Gasteiger partial charge < -0.3 is 5.11 Å². The van der Waals surface area contributed by atoms with Crippen LogP contribution in [0.1, 0.15) is 15.9 Å². The van der Waals surface area contributed by atoms with Gasteiger partial charge in [0.05, 0.1) is 5.57 Å². The molecule has 1 N–H and O–H groups in total. The van der Waals surface area contributed by atoms with Gasteiger partial charge in [-0.3, -0.25) is 4.79 Å². The lowest BCUT2D eigenvalue weighted by Gasteiger charge is -1.95. The zero-order chi connectivity index (χ0) is 13.2. The lowest BCUT2D eigenvalue weighted by molar-refractivity contribution is 0.104. The number of aliphatic hydroxyl groups excluding tert-OH is 1. The van der Waals surface area contributed by atoms with Crippen LogP contribution in [0.5, 0.6) is 0 Å². The fourth-order valence-electron chi connectivity index (χ4n) is 1.97. The van der Waals surface area contributed by atoms with E-state index in [9.17, 15) is 9.90 Å². The van der Waals surface area contributed by atoms with Crippen molar-refractivity contribution in [2.75, 3.05) is 0 Å². The number of aliphatic hydroxyl groups is 1. The Morgan fingerprint density at radius 1 is 1.05 bits per heavy atom. The highest BCUT2D eigenvalue weighted by Crippen LogP contribution is 2.29. The number of hydrogen-bond acceptors (Lipinski definition) is 4. The van der Waals surface area contributed by atoms with Gasteiger partial charge in [0.25, 0.3) is 0 Å². The first-order valence-corrected chi connectivity index (χ1v) is 5.80. The van der Waals surface area contributed by atoms with E-state index in [-0.39, 0.29) is 17.1 Å². The molecular formula is C15H10N2O2. The summed E-state index contributed by atoms with van der Waals surface area (Å²) in [4.78, 5) is 20.2. The first kappa shape index (κ1) is 11.3. The summed E-state index contributed by atoms with van der Waals surface area (Å²) in [5.74, 6) is 0.250. The number of Topliss-reactive ketones (excluding diaryl/α,β-unsaturated/α-hetero) is 1. The van der Waals surface area contributed by atoms with E-state index in [1.165, 1.54) is 6.21 Å². The van der Waals surface area contributed by atoms with E-state index in [1.807, 2.05) is 0 Å². The van der Waals surface area contributed by atoms with E-state index >= 15 is 0 Å². The number of aromatic nitrogens is 1. The Balaban J connectivity index is 1.98.